The molecule has 2 N–H and O–H groups in total. The van der Waals surface area contributed by atoms with Crippen molar-refractivity contribution in [2.45, 2.75) is 75.8 Å². The molecule has 4 rings (SSSR count). The highest BCUT2D eigenvalue weighted by molar-refractivity contribution is 5.94. The average Bonchev–Trinajstić information content (AvgIpc) is 2.79. The first kappa shape index (κ1) is 29.4. The summed E-state index contributed by atoms with van der Waals surface area (Å²) in [4.78, 5) is 83.3. The molecule has 2 saturated carbocycles. The maximum absolute atomic E-state index is 11.3. The summed E-state index contributed by atoms with van der Waals surface area (Å²) in [6.45, 7) is 1.22. The molecule has 0 aromatic heterocycles. The number of carboxylic acid groups (broad SMARTS) is 1. The van der Waals surface area contributed by atoms with E-state index in [0.717, 1.165) is 0 Å². The quantitative estimate of drug-likeness (QED) is 0.342. The molecule has 2 saturated heterocycles. The van der Waals surface area contributed by atoms with E-state index < -0.39 is 60.9 Å². The van der Waals surface area contributed by atoms with Crippen molar-refractivity contribution in [3.63, 3.8) is 0 Å². The minimum absolute atomic E-state index is 0.116. The number of aliphatic hydroxyl groups is 1. The summed E-state index contributed by atoms with van der Waals surface area (Å²) in [7, 11) is 0. The summed E-state index contributed by atoms with van der Waals surface area (Å²) in [6, 6.07) is 0. The molecule has 4 aliphatic rings. The van der Waals surface area contributed by atoms with E-state index in [9.17, 15) is 28.8 Å². The summed E-state index contributed by atoms with van der Waals surface area (Å²) in [5, 5.41) is 15.0. The third kappa shape index (κ3) is 9.60. The summed E-state index contributed by atoms with van der Waals surface area (Å²) < 4.78 is 20.4. The summed E-state index contributed by atoms with van der Waals surface area (Å²) in [5.74, 6) is -5.93. The highest BCUT2D eigenvalue weighted by Crippen LogP contribution is 2.43. The normalized spacial score (nSPS) is 21.9. The Morgan fingerprint density at radius 3 is 1.09 bits per heavy atom. The lowest BCUT2D eigenvalue weighted by Gasteiger charge is -2.45. The smallest absolute Gasteiger partial charge is 0.329 e. The van der Waals surface area contributed by atoms with Crippen LogP contribution in [0.4, 0.5) is 0 Å². The van der Waals surface area contributed by atoms with Crippen LogP contribution in [0.3, 0.4) is 0 Å². The molecule has 4 fully saturated rings. The second-order valence-corrected chi connectivity index (χ2v) is 7.70. The molecule has 2 heterocycles. The molecule has 2 spiro atoms. The fourth-order valence-corrected chi connectivity index (χ4v) is 3.48. The molecule has 2 aliphatic carbocycles. The largest absolute Gasteiger partial charge is 0.480 e. The van der Waals surface area contributed by atoms with Crippen LogP contribution in [-0.4, -0.2) is 76.6 Å². The number of hydrogen-bond acceptors (Lipinski definition) is 13. The van der Waals surface area contributed by atoms with E-state index in [1.807, 2.05) is 6.79 Å². The van der Waals surface area contributed by atoms with Gasteiger partial charge in [0.2, 0.25) is 0 Å². The van der Waals surface area contributed by atoms with Gasteiger partial charge in [0.25, 0.3) is 11.6 Å². The zero-order valence-corrected chi connectivity index (χ0v) is 18.8. The van der Waals surface area contributed by atoms with E-state index in [0.29, 0.717) is 25.7 Å². The van der Waals surface area contributed by atoms with Gasteiger partial charge in [-0.1, -0.05) is 0 Å². The van der Waals surface area contributed by atoms with E-state index >= 15 is 0 Å². The van der Waals surface area contributed by atoms with Crippen LogP contribution >= 0.6 is 0 Å². The molecule has 35 heavy (non-hydrogen) atoms. The Morgan fingerprint density at radius 1 is 0.657 bits per heavy atom. The molecular weight excluding hydrogens is 476 g/mol. The van der Waals surface area contributed by atoms with Gasteiger partial charge in [0.05, 0.1) is 0 Å². The molecule has 0 unspecified atom stereocenters. The van der Waals surface area contributed by atoms with Gasteiger partial charge in [-0.05, 0) is 0 Å². The molecule has 0 atom stereocenters. The number of hydrogen-bond donors (Lipinski definition) is 2. The van der Waals surface area contributed by atoms with E-state index in [1.165, 1.54) is 0 Å². The van der Waals surface area contributed by atoms with Crippen LogP contribution in [-0.2, 0) is 57.3 Å². The van der Waals surface area contributed by atoms with Gasteiger partial charge in [0.15, 0.2) is 0 Å². The lowest BCUT2D eigenvalue weighted by atomic mass is 9.87. The standard InChI is InChI=1S/C12H12O8.C6H8O2.C2H4O3.CH2O/c13-7-5-8(14)18-11(17-7)1-2-12(4-3-11)19-9(15)6-10(16)20-12;7-5-1-2-6(8)4-3-5;3-1-2(4)5;1-2/h1-6H2;1-4H2;3H,1H2,(H,4,5);1H2. The van der Waals surface area contributed by atoms with Gasteiger partial charge in [0, 0.05) is 51.4 Å². The fourth-order valence-electron chi connectivity index (χ4n) is 3.48. The van der Waals surface area contributed by atoms with Crippen molar-refractivity contribution in [2.75, 3.05) is 6.61 Å². The van der Waals surface area contributed by atoms with E-state index in [4.69, 9.17) is 38.7 Å². The van der Waals surface area contributed by atoms with Crippen LogP contribution in [0.2, 0.25) is 0 Å². The van der Waals surface area contributed by atoms with E-state index in [2.05, 4.69) is 0 Å². The van der Waals surface area contributed by atoms with Gasteiger partial charge >= 0.3 is 29.8 Å². The Morgan fingerprint density at radius 2 is 0.886 bits per heavy atom. The van der Waals surface area contributed by atoms with Crippen LogP contribution in [0, 0.1) is 0 Å². The number of Topliss-reactive ketones (excluding diaryl/α,β-unsaturated/α-hetero) is 2. The number of ether oxygens (including phenoxy) is 4. The third-order valence-corrected chi connectivity index (χ3v) is 5.05. The Balaban J connectivity index is 0.000000337. The molecule has 14 nitrogen and oxygen atoms in total. The number of carbonyl (C=O) groups is 8. The van der Waals surface area contributed by atoms with Gasteiger partial charge in [-0.2, -0.15) is 0 Å². The molecular formula is C21H26O14. The van der Waals surface area contributed by atoms with Crippen molar-refractivity contribution < 1.29 is 67.5 Å². The lowest BCUT2D eigenvalue weighted by molar-refractivity contribution is -0.298. The van der Waals surface area contributed by atoms with Crippen molar-refractivity contribution in [3.8, 4) is 0 Å². The van der Waals surface area contributed by atoms with E-state index in [-0.39, 0.29) is 37.2 Å². The highest BCUT2D eigenvalue weighted by atomic mass is 16.8. The Hall–Kier alpha value is -3.68. The number of rotatable bonds is 1. The number of aliphatic hydroxyl groups excluding tert-OH is 1. The molecule has 14 heteroatoms. The van der Waals surface area contributed by atoms with Crippen molar-refractivity contribution in [2.24, 2.45) is 0 Å². The number of carbonyl (C=O) groups excluding carboxylic acids is 7. The van der Waals surface area contributed by atoms with Crippen LogP contribution in [0.1, 0.15) is 64.2 Å². The van der Waals surface area contributed by atoms with Crippen LogP contribution < -0.4 is 0 Å². The van der Waals surface area contributed by atoms with Crippen molar-refractivity contribution >= 4 is 48.2 Å². The summed E-state index contributed by atoms with van der Waals surface area (Å²) in [5.41, 5.74) is 0. The highest BCUT2D eigenvalue weighted by Gasteiger charge is 2.55. The Bertz CT molecular complexity index is 742. The van der Waals surface area contributed by atoms with E-state index in [1.54, 1.807) is 0 Å². The lowest BCUT2D eigenvalue weighted by Crippen LogP contribution is -2.55. The first-order valence-corrected chi connectivity index (χ1v) is 10.5. The molecule has 0 amide bonds. The van der Waals surface area contributed by atoms with Crippen LogP contribution in [0.5, 0.6) is 0 Å². The average molecular weight is 502 g/mol. The minimum atomic E-state index is -1.33. The fraction of sp³-hybridized carbons (Fsp3) is 0.619. The monoisotopic (exact) mass is 502 g/mol. The molecule has 0 aromatic carbocycles. The van der Waals surface area contributed by atoms with Crippen molar-refractivity contribution in [1.82, 2.24) is 0 Å². The SMILES string of the molecule is C=O.O=C(O)CO.O=C1CC(=O)OC2(CCC3(CC2)OC(=O)CC(=O)O3)O1.O=C1CCC(=O)CC1. The minimum Gasteiger partial charge on any atom is -0.480 e. The number of carboxylic acids is 1. The Labute approximate surface area is 198 Å². The first-order valence-electron chi connectivity index (χ1n) is 10.5. The second-order valence-electron chi connectivity index (χ2n) is 7.70. The molecule has 0 radical (unpaired) electrons. The maximum atomic E-state index is 11.3. The topological polar surface area (TPSA) is 214 Å². The van der Waals surface area contributed by atoms with Gasteiger partial charge < -0.3 is 34.0 Å². The van der Waals surface area contributed by atoms with Crippen molar-refractivity contribution in [1.29, 1.82) is 0 Å². The predicted octanol–water partition coefficient (Wildman–Crippen LogP) is -0.490. The second kappa shape index (κ2) is 13.3. The van der Waals surface area contributed by atoms with Gasteiger partial charge in [0.1, 0.15) is 37.8 Å². The molecule has 0 bridgehead atoms. The molecule has 0 aromatic rings. The molecule has 194 valence electrons. The summed E-state index contributed by atoms with van der Waals surface area (Å²) in [6.07, 6.45) is 1.59. The van der Waals surface area contributed by atoms with Crippen LogP contribution in [0.15, 0.2) is 0 Å². The van der Waals surface area contributed by atoms with Crippen molar-refractivity contribution in [3.05, 3.63) is 0 Å². The predicted molar refractivity (Wildman–Crippen MR) is 108 cm³/mol. The molecule has 2 aliphatic heterocycles. The maximum Gasteiger partial charge on any atom is 0.329 e. The zero-order chi connectivity index (χ0) is 26.6. The van der Waals surface area contributed by atoms with Gasteiger partial charge in [-0.15, -0.1) is 0 Å². The zero-order valence-electron chi connectivity index (χ0n) is 18.8. The van der Waals surface area contributed by atoms with Gasteiger partial charge in [-0.25, -0.2) is 4.79 Å². The van der Waals surface area contributed by atoms with Gasteiger partial charge in [-0.3, -0.25) is 28.8 Å². The number of ketones is 2. The Kier molecular flexibility index (Phi) is 11.1. The first-order chi connectivity index (χ1) is 16.5. The van der Waals surface area contributed by atoms with Crippen LogP contribution in [0.25, 0.3) is 0 Å². The summed E-state index contributed by atoms with van der Waals surface area (Å²) >= 11 is 0. The number of esters is 4. The third-order valence-electron chi connectivity index (χ3n) is 5.05. The number of aliphatic carboxylic acids is 1.